The SMILES string of the molecule is CC(C)(C)COc1ccc2c(c1)[C@]1(COC(N)=N1)c1cc(-c3ccncc3)ccc1O2. The van der Waals surface area contributed by atoms with Gasteiger partial charge in [-0.1, -0.05) is 26.8 Å². The number of rotatable bonds is 3. The predicted molar refractivity (Wildman–Crippen MR) is 119 cm³/mol. The molecule has 0 saturated carbocycles. The van der Waals surface area contributed by atoms with Gasteiger partial charge in [0.15, 0.2) is 5.54 Å². The van der Waals surface area contributed by atoms with Gasteiger partial charge >= 0.3 is 0 Å². The third-order valence-electron chi connectivity index (χ3n) is 5.46. The molecule has 0 amide bonds. The third-order valence-corrected chi connectivity index (χ3v) is 5.46. The molecule has 1 spiro atoms. The van der Waals surface area contributed by atoms with E-state index in [0.29, 0.717) is 13.2 Å². The summed E-state index contributed by atoms with van der Waals surface area (Å²) < 4.78 is 18.0. The highest BCUT2D eigenvalue weighted by molar-refractivity contribution is 5.78. The molecule has 3 aromatic rings. The highest BCUT2D eigenvalue weighted by Gasteiger charge is 2.47. The highest BCUT2D eigenvalue weighted by Crippen LogP contribution is 2.52. The van der Waals surface area contributed by atoms with Crippen LogP contribution in [0.2, 0.25) is 0 Å². The number of nitrogens with zero attached hydrogens (tertiary/aromatic N) is 2. The minimum absolute atomic E-state index is 0.0508. The van der Waals surface area contributed by atoms with E-state index in [1.54, 1.807) is 12.4 Å². The van der Waals surface area contributed by atoms with Gasteiger partial charge in [0.2, 0.25) is 0 Å². The van der Waals surface area contributed by atoms with Crippen LogP contribution in [0.15, 0.2) is 65.9 Å². The van der Waals surface area contributed by atoms with Crippen molar-refractivity contribution in [2.45, 2.75) is 26.3 Å². The summed E-state index contributed by atoms with van der Waals surface area (Å²) in [5.74, 6) is 2.25. The lowest BCUT2D eigenvalue weighted by Gasteiger charge is -2.34. The number of fused-ring (bicyclic) bond motifs is 4. The number of amidine groups is 1. The van der Waals surface area contributed by atoms with Crippen molar-refractivity contribution in [2.24, 2.45) is 16.1 Å². The highest BCUT2D eigenvalue weighted by atomic mass is 16.5. The van der Waals surface area contributed by atoms with Gasteiger partial charge < -0.3 is 19.9 Å². The second-order valence-corrected chi connectivity index (χ2v) is 9.16. The summed E-state index contributed by atoms with van der Waals surface area (Å²) in [6.45, 7) is 7.34. The van der Waals surface area contributed by atoms with Crippen LogP contribution in [0.4, 0.5) is 0 Å². The standard InChI is InChI=1S/C25H25N3O3/c1-24(2,3)14-29-18-5-7-22-20(13-18)25(15-30-23(26)28-25)19-12-17(4-6-21(19)31-22)16-8-10-27-11-9-16/h4-13H,14-15H2,1-3H3,(H2,26,28)/t25-/m0/s1. The van der Waals surface area contributed by atoms with E-state index in [0.717, 1.165) is 39.5 Å². The number of hydrogen-bond acceptors (Lipinski definition) is 6. The molecule has 0 aliphatic carbocycles. The van der Waals surface area contributed by atoms with Crippen molar-refractivity contribution in [1.82, 2.24) is 4.98 Å². The van der Waals surface area contributed by atoms with Crippen molar-refractivity contribution in [3.05, 3.63) is 72.1 Å². The Morgan fingerprint density at radius 1 is 0.968 bits per heavy atom. The molecule has 2 aromatic carbocycles. The molecule has 0 fully saturated rings. The molecule has 2 N–H and O–H groups in total. The lowest BCUT2D eigenvalue weighted by Crippen LogP contribution is -2.31. The van der Waals surface area contributed by atoms with E-state index in [-0.39, 0.29) is 11.4 Å². The molecule has 1 atom stereocenters. The fourth-order valence-corrected chi connectivity index (χ4v) is 3.95. The molecule has 0 saturated heterocycles. The number of pyridine rings is 1. The van der Waals surface area contributed by atoms with Crippen molar-refractivity contribution >= 4 is 6.02 Å². The Kier molecular flexibility index (Phi) is 4.39. The van der Waals surface area contributed by atoms with Gasteiger partial charge in [0.1, 0.15) is 23.9 Å². The van der Waals surface area contributed by atoms with E-state index in [1.165, 1.54) is 0 Å². The van der Waals surface area contributed by atoms with Crippen LogP contribution in [-0.4, -0.2) is 24.2 Å². The van der Waals surface area contributed by atoms with E-state index in [2.05, 4.69) is 31.8 Å². The van der Waals surface area contributed by atoms with E-state index < -0.39 is 5.54 Å². The Balaban J connectivity index is 1.63. The van der Waals surface area contributed by atoms with Crippen LogP contribution in [0.25, 0.3) is 11.1 Å². The molecule has 3 heterocycles. The zero-order chi connectivity index (χ0) is 21.6. The van der Waals surface area contributed by atoms with Gasteiger partial charge in [-0.2, -0.15) is 0 Å². The molecule has 0 radical (unpaired) electrons. The van der Waals surface area contributed by atoms with Crippen LogP contribution in [0, 0.1) is 5.41 Å². The van der Waals surface area contributed by atoms with Crippen LogP contribution < -0.4 is 15.2 Å². The lowest BCUT2D eigenvalue weighted by molar-refractivity contribution is 0.197. The smallest absolute Gasteiger partial charge is 0.283 e. The number of benzene rings is 2. The van der Waals surface area contributed by atoms with Gasteiger partial charge in [-0.25, -0.2) is 4.99 Å². The van der Waals surface area contributed by atoms with Crippen LogP contribution in [-0.2, 0) is 10.3 Å². The summed E-state index contributed by atoms with van der Waals surface area (Å²) in [5.41, 5.74) is 9.20. The van der Waals surface area contributed by atoms with Crippen LogP contribution >= 0.6 is 0 Å². The zero-order valence-corrected chi connectivity index (χ0v) is 17.9. The summed E-state index contributed by atoms with van der Waals surface area (Å²) in [6, 6.07) is 16.1. The monoisotopic (exact) mass is 415 g/mol. The number of nitrogens with two attached hydrogens (primary N) is 1. The maximum absolute atomic E-state index is 6.26. The summed E-state index contributed by atoms with van der Waals surface area (Å²) in [5, 5.41) is 0. The normalized spacial score (nSPS) is 19.1. The summed E-state index contributed by atoms with van der Waals surface area (Å²) in [6.07, 6.45) is 3.56. The van der Waals surface area contributed by atoms with Crippen LogP contribution in [0.3, 0.4) is 0 Å². The number of ether oxygens (including phenoxy) is 3. The van der Waals surface area contributed by atoms with Crippen molar-refractivity contribution in [3.63, 3.8) is 0 Å². The van der Waals surface area contributed by atoms with Gasteiger partial charge in [-0.05, 0) is 59.0 Å². The topological polar surface area (TPSA) is 79.0 Å². The van der Waals surface area contributed by atoms with Crippen LogP contribution in [0.5, 0.6) is 17.2 Å². The molecule has 2 aliphatic heterocycles. The predicted octanol–water partition coefficient (Wildman–Crippen LogP) is 4.87. The Morgan fingerprint density at radius 3 is 2.35 bits per heavy atom. The molecule has 5 rings (SSSR count). The van der Waals surface area contributed by atoms with E-state index in [1.807, 2.05) is 42.5 Å². The molecule has 0 bridgehead atoms. The first-order chi connectivity index (χ1) is 14.8. The Bertz CT molecular complexity index is 1170. The average Bonchev–Trinajstić information content (AvgIpc) is 3.15. The summed E-state index contributed by atoms with van der Waals surface area (Å²) in [7, 11) is 0. The van der Waals surface area contributed by atoms with Gasteiger partial charge in [-0.3, -0.25) is 4.98 Å². The van der Waals surface area contributed by atoms with E-state index in [9.17, 15) is 0 Å². The van der Waals surface area contributed by atoms with Crippen molar-refractivity contribution in [3.8, 4) is 28.4 Å². The first-order valence-electron chi connectivity index (χ1n) is 10.3. The molecule has 6 heteroatoms. The van der Waals surface area contributed by atoms with Crippen molar-refractivity contribution < 1.29 is 14.2 Å². The van der Waals surface area contributed by atoms with Gasteiger partial charge in [0.05, 0.1) is 6.61 Å². The van der Waals surface area contributed by atoms with Gasteiger partial charge in [0, 0.05) is 23.5 Å². The molecule has 1 aromatic heterocycles. The zero-order valence-electron chi connectivity index (χ0n) is 17.9. The first-order valence-corrected chi connectivity index (χ1v) is 10.3. The van der Waals surface area contributed by atoms with Crippen LogP contribution in [0.1, 0.15) is 31.9 Å². The first kappa shape index (κ1) is 19.4. The maximum Gasteiger partial charge on any atom is 0.283 e. The molecule has 2 aliphatic rings. The average molecular weight is 415 g/mol. The Labute approximate surface area is 181 Å². The minimum atomic E-state index is -0.781. The maximum atomic E-state index is 6.26. The summed E-state index contributed by atoms with van der Waals surface area (Å²) >= 11 is 0. The molecular formula is C25H25N3O3. The number of aliphatic imine (C=N–C) groups is 1. The second-order valence-electron chi connectivity index (χ2n) is 9.16. The third kappa shape index (κ3) is 3.48. The quantitative estimate of drug-likeness (QED) is 0.660. The minimum Gasteiger partial charge on any atom is -0.493 e. The molecule has 0 unspecified atom stereocenters. The Hall–Kier alpha value is -3.54. The number of aromatic nitrogens is 1. The van der Waals surface area contributed by atoms with Gasteiger partial charge in [-0.15, -0.1) is 0 Å². The molecular weight excluding hydrogens is 390 g/mol. The number of hydrogen-bond donors (Lipinski definition) is 1. The Morgan fingerprint density at radius 2 is 1.68 bits per heavy atom. The molecule has 6 nitrogen and oxygen atoms in total. The summed E-state index contributed by atoms with van der Waals surface area (Å²) in [4.78, 5) is 8.89. The fourth-order valence-electron chi connectivity index (χ4n) is 3.95. The van der Waals surface area contributed by atoms with Crippen molar-refractivity contribution in [1.29, 1.82) is 0 Å². The van der Waals surface area contributed by atoms with E-state index in [4.69, 9.17) is 24.9 Å². The molecule has 31 heavy (non-hydrogen) atoms. The largest absolute Gasteiger partial charge is 0.493 e. The molecule has 158 valence electrons. The second kappa shape index (κ2) is 7.01. The van der Waals surface area contributed by atoms with Crippen molar-refractivity contribution in [2.75, 3.05) is 13.2 Å². The lowest BCUT2D eigenvalue weighted by atomic mass is 9.80. The van der Waals surface area contributed by atoms with E-state index >= 15 is 0 Å². The fraction of sp³-hybridized carbons (Fsp3) is 0.280. The van der Waals surface area contributed by atoms with Gasteiger partial charge in [0.25, 0.3) is 6.02 Å².